The van der Waals surface area contributed by atoms with Crippen LogP contribution in [0.25, 0.3) is 0 Å². The van der Waals surface area contributed by atoms with E-state index in [2.05, 4.69) is 24.1 Å². The van der Waals surface area contributed by atoms with Crippen molar-refractivity contribution < 1.29 is 4.74 Å². The minimum atomic E-state index is 0.623. The Bertz CT molecular complexity index is 156. The van der Waals surface area contributed by atoms with E-state index in [-0.39, 0.29) is 0 Å². The van der Waals surface area contributed by atoms with Crippen LogP contribution >= 0.6 is 0 Å². The van der Waals surface area contributed by atoms with Crippen LogP contribution in [0.1, 0.15) is 33.1 Å². The van der Waals surface area contributed by atoms with E-state index in [1.165, 1.54) is 32.4 Å². The van der Waals surface area contributed by atoms with Gasteiger partial charge >= 0.3 is 0 Å². The first-order valence-corrected chi connectivity index (χ1v) is 6.28. The molecule has 1 heterocycles. The number of hydrogen-bond donors (Lipinski definition) is 1. The highest BCUT2D eigenvalue weighted by molar-refractivity contribution is 4.80. The van der Waals surface area contributed by atoms with Gasteiger partial charge in [0.15, 0.2) is 0 Å². The molecule has 0 bridgehead atoms. The van der Waals surface area contributed by atoms with Crippen molar-refractivity contribution >= 4 is 0 Å². The molecule has 0 radical (unpaired) electrons. The minimum absolute atomic E-state index is 0.623. The first-order chi connectivity index (χ1) is 7.31. The van der Waals surface area contributed by atoms with Crippen molar-refractivity contribution in [2.75, 3.05) is 33.4 Å². The summed E-state index contributed by atoms with van der Waals surface area (Å²) in [6.45, 7) is 8.85. The number of likely N-dealkylation sites (tertiary alicyclic amines) is 1. The Morgan fingerprint density at radius 1 is 1.33 bits per heavy atom. The first kappa shape index (κ1) is 12.9. The third kappa shape index (κ3) is 4.09. The van der Waals surface area contributed by atoms with E-state index in [1.807, 2.05) is 0 Å². The van der Waals surface area contributed by atoms with Gasteiger partial charge < -0.3 is 10.1 Å². The molecular weight excluding hydrogens is 188 g/mol. The summed E-state index contributed by atoms with van der Waals surface area (Å²) in [6.07, 6.45) is 3.77. The molecule has 1 atom stereocenters. The van der Waals surface area contributed by atoms with Crippen LogP contribution < -0.4 is 5.32 Å². The molecule has 0 aromatic rings. The molecule has 1 fully saturated rings. The Morgan fingerprint density at radius 3 is 2.47 bits per heavy atom. The smallest absolute Gasteiger partial charge is 0.0617 e. The number of piperidine rings is 1. The van der Waals surface area contributed by atoms with E-state index in [0.29, 0.717) is 6.04 Å². The molecule has 1 aliphatic rings. The molecule has 1 aliphatic heterocycles. The van der Waals surface area contributed by atoms with Crippen LogP contribution in [0.15, 0.2) is 0 Å². The zero-order valence-corrected chi connectivity index (χ0v) is 10.5. The Balaban J connectivity index is 2.28. The van der Waals surface area contributed by atoms with Crippen molar-refractivity contribution in [3.05, 3.63) is 0 Å². The van der Waals surface area contributed by atoms with Gasteiger partial charge in [-0.15, -0.1) is 0 Å². The average molecular weight is 214 g/mol. The van der Waals surface area contributed by atoms with Gasteiger partial charge in [0, 0.05) is 32.3 Å². The number of hydrogen-bond acceptors (Lipinski definition) is 3. The molecule has 0 aliphatic carbocycles. The van der Waals surface area contributed by atoms with E-state index >= 15 is 0 Å². The molecule has 0 aromatic carbocycles. The monoisotopic (exact) mass is 214 g/mol. The molecule has 1 saturated heterocycles. The predicted octanol–water partition coefficient (Wildman–Crippen LogP) is 1.49. The van der Waals surface area contributed by atoms with Gasteiger partial charge in [-0.2, -0.15) is 0 Å². The number of nitrogens with one attached hydrogen (secondary N) is 1. The predicted molar refractivity (Wildman–Crippen MR) is 64.2 cm³/mol. The maximum absolute atomic E-state index is 5.27. The highest BCUT2D eigenvalue weighted by Crippen LogP contribution is 2.15. The summed E-state index contributed by atoms with van der Waals surface area (Å²) in [5.74, 6) is 0. The first-order valence-electron chi connectivity index (χ1n) is 6.28. The topological polar surface area (TPSA) is 24.5 Å². The summed E-state index contributed by atoms with van der Waals surface area (Å²) in [5, 5.41) is 3.54. The summed E-state index contributed by atoms with van der Waals surface area (Å²) in [4.78, 5) is 2.58. The van der Waals surface area contributed by atoms with Crippen molar-refractivity contribution in [1.29, 1.82) is 0 Å². The van der Waals surface area contributed by atoms with Gasteiger partial charge in [-0.25, -0.2) is 0 Å². The lowest BCUT2D eigenvalue weighted by molar-refractivity contribution is 0.0679. The maximum Gasteiger partial charge on any atom is 0.0617 e. The Kier molecular flexibility index (Phi) is 6.22. The van der Waals surface area contributed by atoms with Crippen molar-refractivity contribution in [1.82, 2.24) is 10.2 Å². The molecule has 0 spiro atoms. The summed E-state index contributed by atoms with van der Waals surface area (Å²) < 4.78 is 5.27. The quantitative estimate of drug-likeness (QED) is 0.725. The third-order valence-corrected chi connectivity index (χ3v) is 3.37. The van der Waals surface area contributed by atoms with Crippen LogP contribution in [0.2, 0.25) is 0 Å². The molecule has 0 amide bonds. The largest absolute Gasteiger partial charge is 0.383 e. The van der Waals surface area contributed by atoms with Crippen molar-refractivity contribution in [3.8, 4) is 0 Å². The van der Waals surface area contributed by atoms with E-state index in [9.17, 15) is 0 Å². The van der Waals surface area contributed by atoms with Crippen LogP contribution in [0.3, 0.4) is 0 Å². The lowest BCUT2D eigenvalue weighted by atomic mass is 10.0. The molecule has 1 unspecified atom stereocenters. The standard InChI is InChI=1S/C12H26N2O/c1-4-12(10-15-3)14-8-6-11(7-9-14)13-5-2/h11-13H,4-10H2,1-3H3. The van der Waals surface area contributed by atoms with Crippen molar-refractivity contribution in [2.24, 2.45) is 0 Å². The second-order valence-corrected chi connectivity index (χ2v) is 4.39. The summed E-state index contributed by atoms with van der Waals surface area (Å²) in [5.41, 5.74) is 0. The summed E-state index contributed by atoms with van der Waals surface area (Å²) in [7, 11) is 1.80. The SMILES string of the molecule is CCNC1CCN(C(CC)COC)CC1. The zero-order valence-electron chi connectivity index (χ0n) is 10.5. The Morgan fingerprint density at radius 2 is 2.00 bits per heavy atom. The molecule has 1 N–H and O–H groups in total. The van der Waals surface area contributed by atoms with Gasteiger partial charge in [0.1, 0.15) is 0 Å². The second kappa shape index (κ2) is 7.20. The molecule has 1 rings (SSSR count). The van der Waals surface area contributed by atoms with Crippen LogP contribution in [-0.4, -0.2) is 50.3 Å². The van der Waals surface area contributed by atoms with Crippen molar-refractivity contribution in [2.45, 2.75) is 45.2 Å². The third-order valence-electron chi connectivity index (χ3n) is 3.37. The highest BCUT2D eigenvalue weighted by Gasteiger charge is 2.23. The van der Waals surface area contributed by atoms with Crippen molar-refractivity contribution in [3.63, 3.8) is 0 Å². The second-order valence-electron chi connectivity index (χ2n) is 4.39. The van der Waals surface area contributed by atoms with Gasteiger partial charge in [0.25, 0.3) is 0 Å². The molecule has 0 aromatic heterocycles. The lowest BCUT2D eigenvalue weighted by Crippen LogP contribution is -2.47. The van der Waals surface area contributed by atoms with Crippen LogP contribution in [0.4, 0.5) is 0 Å². The molecule has 3 nitrogen and oxygen atoms in total. The molecule has 3 heteroatoms. The summed E-state index contributed by atoms with van der Waals surface area (Å²) >= 11 is 0. The lowest BCUT2D eigenvalue weighted by Gasteiger charge is -2.37. The van der Waals surface area contributed by atoms with Gasteiger partial charge in [0.05, 0.1) is 6.61 Å². The maximum atomic E-state index is 5.27. The number of rotatable bonds is 6. The Hall–Kier alpha value is -0.120. The van der Waals surface area contributed by atoms with Crippen LogP contribution in [0.5, 0.6) is 0 Å². The summed E-state index contributed by atoms with van der Waals surface area (Å²) in [6, 6.07) is 1.36. The van der Waals surface area contributed by atoms with Gasteiger partial charge in [-0.05, 0) is 25.8 Å². The zero-order chi connectivity index (χ0) is 11.1. The fourth-order valence-electron chi connectivity index (χ4n) is 2.43. The number of methoxy groups -OCH3 is 1. The van der Waals surface area contributed by atoms with Crippen LogP contribution in [-0.2, 0) is 4.74 Å². The number of ether oxygens (including phenoxy) is 1. The molecule has 90 valence electrons. The highest BCUT2D eigenvalue weighted by atomic mass is 16.5. The Labute approximate surface area is 94.2 Å². The van der Waals surface area contributed by atoms with Gasteiger partial charge in [0.2, 0.25) is 0 Å². The minimum Gasteiger partial charge on any atom is -0.383 e. The van der Waals surface area contributed by atoms with E-state index in [4.69, 9.17) is 4.74 Å². The average Bonchev–Trinajstić information content (AvgIpc) is 2.28. The van der Waals surface area contributed by atoms with Gasteiger partial charge in [-0.1, -0.05) is 13.8 Å². The molecular formula is C12H26N2O. The van der Waals surface area contributed by atoms with E-state index < -0.39 is 0 Å². The fourth-order valence-corrected chi connectivity index (χ4v) is 2.43. The molecule has 15 heavy (non-hydrogen) atoms. The number of nitrogens with zero attached hydrogens (tertiary/aromatic N) is 1. The fraction of sp³-hybridized carbons (Fsp3) is 1.00. The van der Waals surface area contributed by atoms with Gasteiger partial charge in [-0.3, -0.25) is 4.90 Å². The van der Waals surface area contributed by atoms with Crippen LogP contribution in [0, 0.1) is 0 Å². The van der Waals surface area contributed by atoms with E-state index in [1.54, 1.807) is 7.11 Å². The van der Waals surface area contributed by atoms with E-state index in [0.717, 1.165) is 19.2 Å². The molecule has 0 saturated carbocycles. The normalized spacial score (nSPS) is 21.8.